The zero-order valence-electron chi connectivity index (χ0n) is 8.29. The van der Waals surface area contributed by atoms with Crippen molar-refractivity contribution in [2.75, 3.05) is 13.1 Å². The molecule has 0 atom stereocenters. The molecule has 1 aromatic rings. The standard InChI is InChI=1S/C11H14N2S/c1-9-2-4-10(5-3-9)8-14-11-12-6-7-13-11/h2-5H,6-8H2,1H3,(H,12,13). The molecule has 1 N–H and O–H groups in total. The molecule has 1 heterocycles. The molecule has 0 aliphatic carbocycles. The number of nitrogens with one attached hydrogen (secondary N) is 1. The van der Waals surface area contributed by atoms with E-state index >= 15 is 0 Å². The molecule has 0 radical (unpaired) electrons. The highest BCUT2D eigenvalue weighted by molar-refractivity contribution is 8.13. The first-order valence-corrected chi connectivity index (χ1v) is 5.80. The van der Waals surface area contributed by atoms with Crippen molar-refractivity contribution in [3.05, 3.63) is 35.4 Å². The number of aliphatic imine (C=N–C) groups is 1. The predicted octanol–water partition coefficient (Wildman–Crippen LogP) is 2.19. The Morgan fingerprint density at radius 2 is 2.14 bits per heavy atom. The molecule has 0 fully saturated rings. The maximum atomic E-state index is 4.34. The Balaban J connectivity index is 1.88. The second-order valence-electron chi connectivity index (χ2n) is 3.39. The first-order valence-electron chi connectivity index (χ1n) is 4.81. The summed E-state index contributed by atoms with van der Waals surface area (Å²) in [5.41, 5.74) is 2.67. The fourth-order valence-electron chi connectivity index (χ4n) is 1.31. The summed E-state index contributed by atoms with van der Waals surface area (Å²) in [6.45, 7) is 4.03. The Hall–Kier alpha value is -0.960. The molecule has 0 bridgehead atoms. The van der Waals surface area contributed by atoms with Crippen LogP contribution in [0.5, 0.6) is 0 Å². The molecule has 1 aliphatic rings. The summed E-state index contributed by atoms with van der Waals surface area (Å²) in [4.78, 5) is 4.34. The van der Waals surface area contributed by atoms with Crippen LogP contribution in [-0.2, 0) is 5.75 Å². The van der Waals surface area contributed by atoms with Crippen molar-refractivity contribution in [1.29, 1.82) is 0 Å². The smallest absolute Gasteiger partial charge is 0.157 e. The maximum absolute atomic E-state index is 4.34. The number of thioether (sulfide) groups is 1. The molecule has 3 heteroatoms. The average Bonchev–Trinajstić information content (AvgIpc) is 2.70. The molecule has 1 aliphatic heterocycles. The molecule has 14 heavy (non-hydrogen) atoms. The first kappa shape index (κ1) is 9.59. The van der Waals surface area contributed by atoms with E-state index in [9.17, 15) is 0 Å². The van der Waals surface area contributed by atoms with Crippen LogP contribution in [-0.4, -0.2) is 18.3 Å². The van der Waals surface area contributed by atoms with Gasteiger partial charge >= 0.3 is 0 Å². The topological polar surface area (TPSA) is 24.4 Å². The van der Waals surface area contributed by atoms with Gasteiger partial charge in [0.1, 0.15) is 0 Å². The summed E-state index contributed by atoms with van der Waals surface area (Å²) in [7, 11) is 0. The van der Waals surface area contributed by atoms with Crippen molar-refractivity contribution < 1.29 is 0 Å². The maximum Gasteiger partial charge on any atom is 0.157 e. The van der Waals surface area contributed by atoms with E-state index in [1.54, 1.807) is 11.8 Å². The van der Waals surface area contributed by atoms with Gasteiger partial charge < -0.3 is 5.32 Å². The molecule has 0 aromatic heterocycles. The van der Waals surface area contributed by atoms with Gasteiger partial charge in [-0.3, -0.25) is 4.99 Å². The van der Waals surface area contributed by atoms with Crippen molar-refractivity contribution in [3.8, 4) is 0 Å². The van der Waals surface area contributed by atoms with Crippen molar-refractivity contribution in [1.82, 2.24) is 5.32 Å². The van der Waals surface area contributed by atoms with Gasteiger partial charge in [0.15, 0.2) is 5.17 Å². The fourth-order valence-corrected chi connectivity index (χ4v) is 2.19. The lowest BCUT2D eigenvalue weighted by Crippen LogP contribution is -2.14. The van der Waals surface area contributed by atoms with E-state index in [1.165, 1.54) is 11.1 Å². The molecular weight excluding hydrogens is 192 g/mol. The Morgan fingerprint density at radius 3 is 2.79 bits per heavy atom. The number of rotatable bonds is 2. The van der Waals surface area contributed by atoms with Crippen molar-refractivity contribution in [2.24, 2.45) is 4.99 Å². The predicted molar refractivity (Wildman–Crippen MR) is 62.8 cm³/mol. The normalized spacial score (nSPS) is 15.1. The average molecular weight is 206 g/mol. The molecular formula is C11H14N2S. The summed E-state index contributed by atoms with van der Waals surface area (Å²) in [6, 6.07) is 8.66. The highest BCUT2D eigenvalue weighted by atomic mass is 32.2. The van der Waals surface area contributed by atoms with Gasteiger partial charge in [-0.2, -0.15) is 0 Å². The minimum Gasteiger partial charge on any atom is -0.363 e. The van der Waals surface area contributed by atoms with Gasteiger partial charge in [-0.15, -0.1) is 0 Å². The Kier molecular flexibility index (Phi) is 3.09. The molecule has 0 unspecified atom stereocenters. The van der Waals surface area contributed by atoms with E-state index in [4.69, 9.17) is 0 Å². The Bertz CT molecular complexity index is 330. The van der Waals surface area contributed by atoms with Crippen LogP contribution < -0.4 is 5.32 Å². The first-order chi connectivity index (χ1) is 6.84. The van der Waals surface area contributed by atoms with E-state index < -0.39 is 0 Å². The van der Waals surface area contributed by atoms with E-state index in [0.717, 1.165) is 24.0 Å². The van der Waals surface area contributed by atoms with Crippen LogP contribution in [0.15, 0.2) is 29.3 Å². The number of nitrogens with zero attached hydrogens (tertiary/aromatic N) is 1. The van der Waals surface area contributed by atoms with Crippen molar-refractivity contribution in [2.45, 2.75) is 12.7 Å². The number of aryl methyl sites for hydroxylation is 1. The summed E-state index contributed by atoms with van der Waals surface area (Å²) < 4.78 is 0. The molecule has 0 amide bonds. The number of benzene rings is 1. The second-order valence-corrected chi connectivity index (χ2v) is 4.35. The van der Waals surface area contributed by atoms with Crippen LogP contribution in [0.1, 0.15) is 11.1 Å². The third-order valence-corrected chi connectivity index (χ3v) is 3.16. The highest BCUT2D eigenvalue weighted by Crippen LogP contribution is 2.14. The van der Waals surface area contributed by atoms with Crippen LogP contribution >= 0.6 is 11.8 Å². The van der Waals surface area contributed by atoms with Crippen LogP contribution in [0.3, 0.4) is 0 Å². The fraction of sp³-hybridized carbons (Fsp3) is 0.364. The van der Waals surface area contributed by atoms with Gasteiger partial charge in [-0.05, 0) is 12.5 Å². The zero-order chi connectivity index (χ0) is 9.80. The summed E-state index contributed by atoms with van der Waals surface area (Å²) in [5, 5.41) is 4.34. The minimum absolute atomic E-state index is 0.927. The summed E-state index contributed by atoms with van der Waals surface area (Å²) in [5.74, 6) is 1.01. The van der Waals surface area contributed by atoms with Gasteiger partial charge in [0.25, 0.3) is 0 Å². The van der Waals surface area contributed by atoms with Gasteiger partial charge in [-0.1, -0.05) is 41.6 Å². The number of hydrogen-bond donors (Lipinski definition) is 1. The van der Waals surface area contributed by atoms with Crippen molar-refractivity contribution >= 4 is 16.9 Å². The lowest BCUT2D eigenvalue weighted by molar-refractivity contribution is 0.963. The molecule has 2 rings (SSSR count). The third-order valence-electron chi connectivity index (χ3n) is 2.14. The van der Waals surface area contributed by atoms with Crippen LogP contribution in [0.4, 0.5) is 0 Å². The molecule has 0 saturated heterocycles. The van der Waals surface area contributed by atoms with E-state index in [2.05, 4.69) is 41.5 Å². The Labute approximate surface area is 88.8 Å². The van der Waals surface area contributed by atoms with Crippen LogP contribution in [0, 0.1) is 6.92 Å². The lowest BCUT2D eigenvalue weighted by Gasteiger charge is -2.02. The summed E-state index contributed by atoms with van der Waals surface area (Å²) in [6.07, 6.45) is 0. The molecule has 0 spiro atoms. The minimum atomic E-state index is 0.927. The van der Waals surface area contributed by atoms with Gasteiger partial charge in [0.2, 0.25) is 0 Å². The number of hydrogen-bond acceptors (Lipinski definition) is 3. The SMILES string of the molecule is Cc1ccc(CSC2=NCCN2)cc1. The monoisotopic (exact) mass is 206 g/mol. The lowest BCUT2D eigenvalue weighted by atomic mass is 10.2. The van der Waals surface area contributed by atoms with E-state index in [0.29, 0.717) is 0 Å². The summed E-state index contributed by atoms with van der Waals surface area (Å²) >= 11 is 1.78. The largest absolute Gasteiger partial charge is 0.363 e. The van der Waals surface area contributed by atoms with Gasteiger partial charge in [0.05, 0.1) is 6.54 Å². The number of amidine groups is 1. The second kappa shape index (κ2) is 4.51. The third kappa shape index (κ3) is 2.51. The molecule has 0 saturated carbocycles. The molecule has 1 aromatic carbocycles. The molecule has 2 nitrogen and oxygen atoms in total. The van der Waals surface area contributed by atoms with E-state index in [-0.39, 0.29) is 0 Å². The van der Waals surface area contributed by atoms with E-state index in [1.807, 2.05) is 0 Å². The van der Waals surface area contributed by atoms with Gasteiger partial charge in [-0.25, -0.2) is 0 Å². The van der Waals surface area contributed by atoms with Crippen LogP contribution in [0.2, 0.25) is 0 Å². The van der Waals surface area contributed by atoms with Crippen molar-refractivity contribution in [3.63, 3.8) is 0 Å². The van der Waals surface area contributed by atoms with Gasteiger partial charge in [0, 0.05) is 12.3 Å². The van der Waals surface area contributed by atoms with Crippen LogP contribution in [0.25, 0.3) is 0 Å². The highest BCUT2D eigenvalue weighted by Gasteiger charge is 2.04. The Morgan fingerprint density at radius 1 is 1.36 bits per heavy atom. The molecule has 74 valence electrons. The quantitative estimate of drug-likeness (QED) is 0.802. The zero-order valence-corrected chi connectivity index (χ0v) is 9.10.